The maximum atomic E-state index is 11.1. The number of carbonyl (C=O) groups is 1. The van der Waals surface area contributed by atoms with Crippen LogP contribution in [0.1, 0.15) is 6.92 Å². The van der Waals surface area contributed by atoms with E-state index < -0.39 is 15.8 Å². The van der Waals surface area contributed by atoms with E-state index in [1.54, 1.807) is 6.92 Å². The third-order valence-corrected chi connectivity index (χ3v) is 4.15. The van der Waals surface area contributed by atoms with Crippen LogP contribution in [0.2, 0.25) is 0 Å². The normalized spacial score (nSPS) is 19.2. The van der Waals surface area contributed by atoms with Crippen molar-refractivity contribution in [1.29, 1.82) is 0 Å². The predicted octanol–water partition coefficient (Wildman–Crippen LogP) is -0.562. The predicted molar refractivity (Wildman–Crippen MR) is 51.9 cm³/mol. The van der Waals surface area contributed by atoms with Gasteiger partial charge in [0, 0.05) is 25.4 Å². The van der Waals surface area contributed by atoms with Crippen LogP contribution in [-0.4, -0.2) is 55.5 Å². The maximum Gasteiger partial charge on any atom is 0.309 e. The standard InChI is InChI=1S/C8H15NO4S/c1-2-14(12,13)4-3-9-5-7(6-9)8(10)11/h7H,2-6H2,1H3,(H,10,11). The first-order chi connectivity index (χ1) is 6.44. The average molecular weight is 221 g/mol. The Balaban J connectivity index is 2.21. The Bertz CT molecular complexity index is 305. The van der Waals surface area contributed by atoms with E-state index in [1.165, 1.54) is 0 Å². The van der Waals surface area contributed by atoms with Crippen molar-refractivity contribution in [2.75, 3.05) is 31.1 Å². The summed E-state index contributed by atoms with van der Waals surface area (Å²) in [5.74, 6) is -0.808. The Morgan fingerprint density at radius 3 is 2.50 bits per heavy atom. The molecular weight excluding hydrogens is 206 g/mol. The number of rotatable bonds is 5. The highest BCUT2D eigenvalue weighted by molar-refractivity contribution is 7.91. The number of aliphatic carboxylic acids is 1. The number of sulfone groups is 1. The van der Waals surface area contributed by atoms with E-state index >= 15 is 0 Å². The summed E-state index contributed by atoms with van der Waals surface area (Å²) in [5, 5.41) is 8.58. The molecule has 5 nitrogen and oxygen atoms in total. The summed E-state index contributed by atoms with van der Waals surface area (Å²) in [7, 11) is -2.92. The van der Waals surface area contributed by atoms with Crippen LogP contribution in [0.15, 0.2) is 0 Å². The van der Waals surface area contributed by atoms with Gasteiger partial charge >= 0.3 is 5.97 Å². The molecule has 0 aliphatic carbocycles. The lowest BCUT2D eigenvalue weighted by molar-refractivity contribution is -0.147. The quantitative estimate of drug-likeness (QED) is 0.673. The summed E-state index contributed by atoms with van der Waals surface area (Å²) in [6.45, 7) is 3.04. The Hall–Kier alpha value is -0.620. The molecule has 0 aromatic carbocycles. The lowest BCUT2D eigenvalue weighted by Gasteiger charge is -2.36. The van der Waals surface area contributed by atoms with Crippen molar-refractivity contribution < 1.29 is 18.3 Å². The van der Waals surface area contributed by atoms with Crippen LogP contribution in [0.4, 0.5) is 0 Å². The number of hydrogen-bond acceptors (Lipinski definition) is 4. The van der Waals surface area contributed by atoms with Crippen LogP contribution in [0.5, 0.6) is 0 Å². The molecule has 0 radical (unpaired) electrons. The summed E-state index contributed by atoms with van der Waals surface area (Å²) in [6.07, 6.45) is 0. The summed E-state index contributed by atoms with van der Waals surface area (Å²) in [5.41, 5.74) is 0. The second-order valence-corrected chi connectivity index (χ2v) is 6.00. The molecular formula is C8H15NO4S. The number of carboxylic acid groups (broad SMARTS) is 1. The Labute approximate surface area is 83.6 Å². The van der Waals surface area contributed by atoms with Crippen molar-refractivity contribution in [3.8, 4) is 0 Å². The van der Waals surface area contributed by atoms with Crippen LogP contribution < -0.4 is 0 Å². The fraction of sp³-hybridized carbons (Fsp3) is 0.875. The Morgan fingerprint density at radius 1 is 1.50 bits per heavy atom. The molecule has 0 saturated carbocycles. The first kappa shape index (κ1) is 11.5. The van der Waals surface area contributed by atoms with Crippen molar-refractivity contribution in [2.45, 2.75) is 6.92 Å². The molecule has 1 saturated heterocycles. The molecule has 1 heterocycles. The van der Waals surface area contributed by atoms with E-state index in [2.05, 4.69) is 0 Å². The Morgan fingerprint density at radius 2 is 2.07 bits per heavy atom. The zero-order valence-electron chi connectivity index (χ0n) is 8.14. The van der Waals surface area contributed by atoms with Gasteiger partial charge in [0.2, 0.25) is 0 Å². The minimum atomic E-state index is -2.92. The van der Waals surface area contributed by atoms with E-state index in [4.69, 9.17) is 5.11 Å². The van der Waals surface area contributed by atoms with Crippen LogP contribution in [-0.2, 0) is 14.6 Å². The molecule has 1 aliphatic heterocycles. The number of carboxylic acids is 1. The topological polar surface area (TPSA) is 74.7 Å². The van der Waals surface area contributed by atoms with Crippen LogP contribution >= 0.6 is 0 Å². The van der Waals surface area contributed by atoms with Crippen molar-refractivity contribution in [3.63, 3.8) is 0 Å². The van der Waals surface area contributed by atoms with E-state index in [1.807, 2.05) is 4.90 Å². The highest BCUT2D eigenvalue weighted by Crippen LogP contribution is 2.14. The van der Waals surface area contributed by atoms with Gasteiger partial charge in [0.15, 0.2) is 9.84 Å². The van der Waals surface area contributed by atoms with E-state index in [0.29, 0.717) is 19.6 Å². The molecule has 0 spiro atoms. The third-order valence-electron chi connectivity index (χ3n) is 2.46. The van der Waals surface area contributed by atoms with E-state index in [-0.39, 0.29) is 17.4 Å². The Kier molecular flexibility index (Phi) is 3.49. The van der Waals surface area contributed by atoms with Gasteiger partial charge in [0.1, 0.15) is 0 Å². The smallest absolute Gasteiger partial charge is 0.309 e. The number of likely N-dealkylation sites (tertiary alicyclic amines) is 1. The molecule has 0 atom stereocenters. The molecule has 6 heteroatoms. The van der Waals surface area contributed by atoms with Gasteiger partial charge in [0.05, 0.1) is 11.7 Å². The number of hydrogen-bond donors (Lipinski definition) is 1. The second-order valence-electron chi connectivity index (χ2n) is 3.53. The third kappa shape index (κ3) is 2.95. The van der Waals surface area contributed by atoms with Crippen molar-refractivity contribution in [1.82, 2.24) is 4.90 Å². The summed E-state index contributed by atoms with van der Waals surface area (Å²) < 4.78 is 22.2. The minimum absolute atomic E-state index is 0.135. The fourth-order valence-electron chi connectivity index (χ4n) is 1.32. The molecule has 0 aromatic rings. The van der Waals surface area contributed by atoms with Crippen molar-refractivity contribution in [2.24, 2.45) is 5.92 Å². The van der Waals surface area contributed by atoms with Crippen LogP contribution in [0, 0.1) is 5.92 Å². The van der Waals surface area contributed by atoms with Gasteiger partial charge in [-0.25, -0.2) is 8.42 Å². The second kappa shape index (κ2) is 4.27. The van der Waals surface area contributed by atoms with Crippen molar-refractivity contribution in [3.05, 3.63) is 0 Å². The molecule has 0 amide bonds. The summed E-state index contributed by atoms with van der Waals surface area (Å²) >= 11 is 0. The van der Waals surface area contributed by atoms with Gasteiger partial charge in [0.25, 0.3) is 0 Å². The summed E-state index contributed by atoms with van der Waals surface area (Å²) in [4.78, 5) is 12.3. The molecule has 1 fully saturated rings. The minimum Gasteiger partial charge on any atom is -0.481 e. The first-order valence-corrected chi connectivity index (χ1v) is 6.42. The average Bonchev–Trinajstić information content (AvgIpc) is 2.00. The molecule has 1 N–H and O–H groups in total. The van der Waals surface area contributed by atoms with Gasteiger partial charge < -0.3 is 10.0 Å². The van der Waals surface area contributed by atoms with Crippen molar-refractivity contribution >= 4 is 15.8 Å². The number of nitrogens with zero attached hydrogens (tertiary/aromatic N) is 1. The molecule has 0 bridgehead atoms. The van der Waals surface area contributed by atoms with E-state index in [9.17, 15) is 13.2 Å². The summed E-state index contributed by atoms with van der Waals surface area (Å²) in [6, 6.07) is 0. The van der Waals surface area contributed by atoms with Crippen LogP contribution in [0.25, 0.3) is 0 Å². The zero-order valence-corrected chi connectivity index (χ0v) is 8.96. The molecule has 1 aliphatic rings. The largest absolute Gasteiger partial charge is 0.481 e. The zero-order chi connectivity index (χ0) is 10.8. The van der Waals surface area contributed by atoms with Gasteiger partial charge in [-0.15, -0.1) is 0 Å². The highest BCUT2D eigenvalue weighted by atomic mass is 32.2. The monoisotopic (exact) mass is 221 g/mol. The molecule has 0 aromatic heterocycles. The molecule has 14 heavy (non-hydrogen) atoms. The van der Waals surface area contributed by atoms with Gasteiger partial charge in [-0.3, -0.25) is 4.79 Å². The highest BCUT2D eigenvalue weighted by Gasteiger charge is 2.32. The maximum absolute atomic E-state index is 11.1. The fourth-order valence-corrected chi connectivity index (χ4v) is 2.15. The SMILES string of the molecule is CCS(=O)(=O)CCN1CC(C(=O)O)C1. The van der Waals surface area contributed by atoms with E-state index in [0.717, 1.165) is 0 Å². The van der Waals surface area contributed by atoms with Gasteiger partial charge in [-0.1, -0.05) is 6.92 Å². The first-order valence-electron chi connectivity index (χ1n) is 4.60. The lowest BCUT2D eigenvalue weighted by Crippen LogP contribution is -2.51. The lowest BCUT2D eigenvalue weighted by atomic mass is 10.0. The molecule has 82 valence electrons. The van der Waals surface area contributed by atoms with Gasteiger partial charge in [-0.05, 0) is 0 Å². The van der Waals surface area contributed by atoms with Crippen LogP contribution in [0.3, 0.4) is 0 Å². The molecule has 0 unspecified atom stereocenters. The molecule has 1 rings (SSSR count). The van der Waals surface area contributed by atoms with Gasteiger partial charge in [-0.2, -0.15) is 0 Å².